The Kier molecular flexibility index (Phi) is 3.52. The minimum absolute atomic E-state index is 0.00730. The molecule has 3 aromatic rings. The van der Waals surface area contributed by atoms with Crippen molar-refractivity contribution in [3.63, 3.8) is 0 Å². The number of rotatable bonds is 3. The molecule has 136 valence electrons. The monoisotopic (exact) mass is 363 g/mol. The second kappa shape index (κ2) is 5.44. The second-order valence-corrected chi connectivity index (χ2v) is 6.75. The van der Waals surface area contributed by atoms with Crippen molar-refractivity contribution in [3.05, 3.63) is 41.6 Å². The molecule has 4 rings (SSSR count). The largest absolute Gasteiger partial charge is 0.507 e. The number of alkyl halides is 3. The van der Waals surface area contributed by atoms with E-state index in [1.54, 1.807) is 23.0 Å². The molecule has 2 aromatic heterocycles. The Balaban J connectivity index is 1.80. The molecule has 0 aliphatic heterocycles. The standard InChI is InChI=1S/C18H16F3N3O2/c1-10-6-12(18(19,20)21)7-14(26)15(10)13-3-2-11-8-24(23-16(11)22-13)17(9-25)4-5-17/h2-3,6-8,25-26H,4-5,9H2,1H3. The first kappa shape index (κ1) is 16.8. The first-order valence-corrected chi connectivity index (χ1v) is 8.12. The quantitative estimate of drug-likeness (QED) is 0.746. The van der Waals surface area contributed by atoms with Crippen molar-refractivity contribution in [1.29, 1.82) is 0 Å². The van der Waals surface area contributed by atoms with E-state index in [0.717, 1.165) is 24.3 Å². The number of hydrogen-bond donors (Lipinski definition) is 2. The van der Waals surface area contributed by atoms with Gasteiger partial charge in [0.25, 0.3) is 0 Å². The maximum atomic E-state index is 12.9. The van der Waals surface area contributed by atoms with E-state index in [4.69, 9.17) is 0 Å². The van der Waals surface area contributed by atoms with Gasteiger partial charge in [-0.15, -0.1) is 0 Å². The molecule has 1 saturated carbocycles. The van der Waals surface area contributed by atoms with E-state index in [1.807, 2.05) is 0 Å². The highest BCUT2D eigenvalue weighted by molar-refractivity contribution is 5.80. The molecule has 1 aliphatic carbocycles. The van der Waals surface area contributed by atoms with Crippen LogP contribution in [0.15, 0.2) is 30.5 Å². The number of aromatic hydroxyl groups is 1. The zero-order valence-corrected chi connectivity index (χ0v) is 13.9. The predicted octanol–water partition coefficient (Wildman–Crippen LogP) is 3.61. The van der Waals surface area contributed by atoms with Crippen molar-refractivity contribution in [2.45, 2.75) is 31.5 Å². The Labute approximate surface area is 146 Å². The van der Waals surface area contributed by atoms with Gasteiger partial charge in [0.05, 0.1) is 23.4 Å². The molecule has 1 fully saturated rings. The first-order valence-electron chi connectivity index (χ1n) is 8.12. The Morgan fingerprint density at radius 3 is 2.54 bits per heavy atom. The number of aliphatic hydroxyl groups is 1. The van der Waals surface area contributed by atoms with Gasteiger partial charge in [-0.3, -0.25) is 4.68 Å². The molecule has 5 nitrogen and oxygen atoms in total. The Morgan fingerprint density at radius 1 is 1.23 bits per heavy atom. The van der Waals surface area contributed by atoms with E-state index >= 15 is 0 Å². The average molecular weight is 363 g/mol. The summed E-state index contributed by atoms with van der Waals surface area (Å²) in [5.74, 6) is -0.474. The zero-order valence-electron chi connectivity index (χ0n) is 13.9. The lowest BCUT2D eigenvalue weighted by Gasteiger charge is -2.13. The number of hydrogen-bond acceptors (Lipinski definition) is 4. The molecule has 0 atom stereocenters. The maximum absolute atomic E-state index is 12.9. The Bertz CT molecular complexity index is 984. The summed E-state index contributed by atoms with van der Waals surface area (Å²) >= 11 is 0. The van der Waals surface area contributed by atoms with Crippen LogP contribution in [0, 0.1) is 6.92 Å². The van der Waals surface area contributed by atoms with Crippen LogP contribution in [-0.4, -0.2) is 31.6 Å². The van der Waals surface area contributed by atoms with Gasteiger partial charge in [-0.05, 0) is 49.6 Å². The zero-order chi connectivity index (χ0) is 18.7. The highest BCUT2D eigenvalue weighted by Gasteiger charge is 2.45. The van der Waals surface area contributed by atoms with Gasteiger partial charge in [0, 0.05) is 17.1 Å². The lowest BCUT2D eigenvalue weighted by atomic mass is 10.00. The van der Waals surface area contributed by atoms with Crippen molar-refractivity contribution < 1.29 is 23.4 Å². The van der Waals surface area contributed by atoms with E-state index < -0.39 is 17.5 Å². The van der Waals surface area contributed by atoms with Crippen LogP contribution in [0.3, 0.4) is 0 Å². The average Bonchev–Trinajstić information content (AvgIpc) is 3.25. The van der Waals surface area contributed by atoms with Crippen molar-refractivity contribution in [1.82, 2.24) is 14.8 Å². The Hall–Kier alpha value is -2.61. The number of phenolic OH excluding ortho intramolecular Hbond substituents is 1. The fourth-order valence-electron chi connectivity index (χ4n) is 3.15. The van der Waals surface area contributed by atoms with Gasteiger partial charge >= 0.3 is 6.18 Å². The summed E-state index contributed by atoms with van der Waals surface area (Å²) in [6, 6.07) is 5.09. The number of aromatic nitrogens is 3. The van der Waals surface area contributed by atoms with Gasteiger partial charge in [-0.25, -0.2) is 4.98 Å². The molecular weight excluding hydrogens is 347 g/mol. The highest BCUT2D eigenvalue weighted by Crippen LogP contribution is 2.43. The summed E-state index contributed by atoms with van der Waals surface area (Å²) in [4.78, 5) is 4.40. The molecule has 1 aromatic carbocycles. The highest BCUT2D eigenvalue weighted by atomic mass is 19.4. The summed E-state index contributed by atoms with van der Waals surface area (Å²) in [6.07, 6.45) is -1.05. The number of aliphatic hydroxyl groups excluding tert-OH is 1. The van der Waals surface area contributed by atoms with E-state index in [0.29, 0.717) is 17.4 Å². The lowest BCUT2D eigenvalue weighted by Crippen LogP contribution is -2.21. The number of aryl methyl sites for hydroxylation is 1. The third-order valence-corrected chi connectivity index (χ3v) is 4.87. The van der Waals surface area contributed by atoms with Crippen LogP contribution in [-0.2, 0) is 11.7 Å². The van der Waals surface area contributed by atoms with Crippen LogP contribution in [0.25, 0.3) is 22.3 Å². The normalized spacial score (nSPS) is 16.2. The maximum Gasteiger partial charge on any atom is 0.416 e. The minimum Gasteiger partial charge on any atom is -0.507 e. The first-order chi connectivity index (χ1) is 12.2. The molecule has 26 heavy (non-hydrogen) atoms. The third kappa shape index (κ3) is 2.61. The number of benzene rings is 1. The van der Waals surface area contributed by atoms with Crippen LogP contribution in [0.1, 0.15) is 24.0 Å². The van der Waals surface area contributed by atoms with Crippen molar-refractivity contribution in [2.75, 3.05) is 6.61 Å². The fraction of sp³-hybridized carbons (Fsp3) is 0.333. The van der Waals surface area contributed by atoms with Crippen LogP contribution in [0.2, 0.25) is 0 Å². The van der Waals surface area contributed by atoms with Crippen molar-refractivity contribution in [2.24, 2.45) is 0 Å². The second-order valence-electron chi connectivity index (χ2n) is 6.75. The van der Waals surface area contributed by atoms with Gasteiger partial charge in [0.15, 0.2) is 5.65 Å². The third-order valence-electron chi connectivity index (χ3n) is 4.87. The van der Waals surface area contributed by atoms with E-state index in [9.17, 15) is 23.4 Å². The summed E-state index contributed by atoms with van der Waals surface area (Å²) in [6.45, 7) is 1.49. The molecule has 0 amide bonds. The summed E-state index contributed by atoms with van der Waals surface area (Å²) < 4.78 is 40.4. The molecule has 0 radical (unpaired) electrons. The van der Waals surface area contributed by atoms with Crippen LogP contribution in [0.4, 0.5) is 13.2 Å². The van der Waals surface area contributed by atoms with Gasteiger partial charge in [-0.1, -0.05) is 0 Å². The van der Waals surface area contributed by atoms with Crippen LogP contribution < -0.4 is 0 Å². The molecule has 1 aliphatic rings. The molecule has 2 N–H and O–H groups in total. The minimum atomic E-state index is -4.53. The SMILES string of the molecule is Cc1cc(C(F)(F)F)cc(O)c1-c1ccc2cn(C3(CO)CC3)nc2n1. The summed E-state index contributed by atoms with van der Waals surface area (Å²) in [7, 11) is 0. The molecule has 0 saturated heterocycles. The van der Waals surface area contributed by atoms with Crippen LogP contribution in [0.5, 0.6) is 5.75 Å². The smallest absolute Gasteiger partial charge is 0.416 e. The van der Waals surface area contributed by atoms with Gasteiger partial charge in [0.1, 0.15) is 5.75 Å². The number of nitrogens with zero attached hydrogens (tertiary/aromatic N) is 3. The molecule has 0 spiro atoms. The molecule has 8 heteroatoms. The molecule has 2 heterocycles. The van der Waals surface area contributed by atoms with Crippen molar-refractivity contribution >= 4 is 11.0 Å². The van der Waals surface area contributed by atoms with E-state index in [2.05, 4.69) is 10.1 Å². The lowest BCUT2D eigenvalue weighted by molar-refractivity contribution is -0.137. The molecule has 0 unspecified atom stereocenters. The number of fused-ring (bicyclic) bond motifs is 1. The van der Waals surface area contributed by atoms with Gasteiger partial charge < -0.3 is 10.2 Å². The van der Waals surface area contributed by atoms with Crippen LogP contribution >= 0.6 is 0 Å². The topological polar surface area (TPSA) is 71.2 Å². The molecular formula is C18H16F3N3O2. The number of halogens is 3. The van der Waals surface area contributed by atoms with E-state index in [-0.39, 0.29) is 23.3 Å². The summed E-state index contributed by atoms with van der Waals surface area (Å²) in [5.41, 5.74) is 0.0182. The number of phenols is 1. The summed E-state index contributed by atoms with van der Waals surface area (Å²) in [5, 5.41) is 24.8. The predicted molar refractivity (Wildman–Crippen MR) is 88.7 cm³/mol. The van der Waals surface area contributed by atoms with Gasteiger partial charge in [0.2, 0.25) is 0 Å². The Morgan fingerprint density at radius 2 is 1.96 bits per heavy atom. The van der Waals surface area contributed by atoms with Gasteiger partial charge in [-0.2, -0.15) is 18.3 Å². The van der Waals surface area contributed by atoms with E-state index in [1.165, 1.54) is 6.92 Å². The van der Waals surface area contributed by atoms with Crippen molar-refractivity contribution in [3.8, 4) is 17.0 Å². The fourth-order valence-corrected chi connectivity index (χ4v) is 3.15. The molecule has 0 bridgehead atoms. The number of pyridine rings is 1.